The Morgan fingerprint density at radius 1 is 1.17 bits per heavy atom. The minimum absolute atomic E-state index is 0.0780. The lowest BCUT2D eigenvalue weighted by molar-refractivity contribution is -0.122. The van der Waals surface area contributed by atoms with Crippen LogP contribution in [0, 0.1) is 13.8 Å². The monoisotopic (exact) mass is 411 g/mol. The average molecular weight is 412 g/mol. The van der Waals surface area contributed by atoms with Crippen LogP contribution in [0.1, 0.15) is 59.1 Å². The Kier molecular flexibility index (Phi) is 7.69. The van der Waals surface area contributed by atoms with E-state index in [1.54, 1.807) is 6.92 Å². The second kappa shape index (κ2) is 10.4. The smallest absolute Gasteiger partial charge is 0.355 e. The second-order valence-corrected chi connectivity index (χ2v) is 8.05. The summed E-state index contributed by atoms with van der Waals surface area (Å²) in [5.41, 5.74) is 4.67. The fourth-order valence-electron chi connectivity index (χ4n) is 4.19. The molecule has 0 aliphatic carbocycles. The number of esters is 1. The van der Waals surface area contributed by atoms with Gasteiger partial charge in [-0.3, -0.25) is 9.69 Å². The molecular formula is C24H33N3O3. The van der Waals surface area contributed by atoms with Crippen LogP contribution >= 0.6 is 0 Å². The van der Waals surface area contributed by atoms with Gasteiger partial charge in [0.15, 0.2) is 0 Å². The Balaban J connectivity index is 1.44. The van der Waals surface area contributed by atoms with Crippen molar-refractivity contribution in [2.45, 2.75) is 59.0 Å². The van der Waals surface area contributed by atoms with Crippen molar-refractivity contribution >= 4 is 11.9 Å². The van der Waals surface area contributed by atoms with Crippen LogP contribution in [0.5, 0.6) is 0 Å². The summed E-state index contributed by atoms with van der Waals surface area (Å²) in [5.74, 6) is -0.259. The normalized spacial score (nSPS) is 15.2. The van der Waals surface area contributed by atoms with Gasteiger partial charge in [0.2, 0.25) is 5.91 Å². The molecule has 1 aliphatic heterocycles. The highest BCUT2D eigenvalue weighted by Crippen LogP contribution is 2.21. The van der Waals surface area contributed by atoms with Gasteiger partial charge in [0.25, 0.3) is 0 Å². The molecule has 6 nitrogen and oxygen atoms in total. The van der Waals surface area contributed by atoms with E-state index in [0.717, 1.165) is 49.3 Å². The number of carbonyl (C=O) groups excluding carboxylic acids is 2. The predicted molar refractivity (Wildman–Crippen MR) is 117 cm³/mol. The van der Waals surface area contributed by atoms with E-state index in [1.807, 2.05) is 19.9 Å². The van der Waals surface area contributed by atoms with Crippen LogP contribution in [0.2, 0.25) is 0 Å². The molecule has 2 N–H and O–H groups in total. The summed E-state index contributed by atoms with van der Waals surface area (Å²) < 4.78 is 5.10. The molecule has 0 spiro atoms. The highest BCUT2D eigenvalue weighted by molar-refractivity contribution is 5.90. The largest absolute Gasteiger partial charge is 0.461 e. The molecule has 30 heavy (non-hydrogen) atoms. The number of hydrogen-bond donors (Lipinski definition) is 2. The molecular weight excluding hydrogens is 378 g/mol. The summed E-state index contributed by atoms with van der Waals surface area (Å²) >= 11 is 0. The van der Waals surface area contributed by atoms with Gasteiger partial charge in [0, 0.05) is 37.8 Å². The Bertz CT molecular complexity index is 852. The fraction of sp³-hybridized carbons (Fsp3) is 0.500. The van der Waals surface area contributed by atoms with E-state index in [-0.39, 0.29) is 17.9 Å². The molecule has 1 saturated heterocycles. The minimum atomic E-state index is -0.337. The summed E-state index contributed by atoms with van der Waals surface area (Å²) in [6.07, 6.45) is 3.00. The molecule has 0 radical (unpaired) electrons. The quantitative estimate of drug-likeness (QED) is 0.652. The van der Waals surface area contributed by atoms with E-state index in [4.69, 9.17) is 4.74 Å². The summed E-state index contributed by atoms with van der Waals surface area (Å²) in [5, 5.41) is 3.19. The lowest BCUT2D eigenvalue weighted by atomic mass is 10.0. The predicted octanol–water partition coefficient (Wildman–Crippen LogP) is 3.52. The van der Waals surface area contributed by atoms with Gasteiger partial charge >= 0.3 is 5.97 Å². The van der Waals surface area contributed by atoms with Crippen LogP contribution < -0.4 is 5.32 Å². The number of hydrogen-bond acceptors (Lipinski definition) is 4. The molecule has 2 aromatic rings. The molecule has 0 atom stereocenters. The number of likely N-dealkylation sites (tertiary alicyclic amines) is 1. The van der Waals surface area contributed by atoms with Gasteiger partial charge in [-0.1, -0.05) is 30.3 Å². The Labute approximate surface area is 179 Å². The number of amides is 1. The third-order valence-corrected chi connectivity index (χ3v) is 5.88. The van der Waals surface area contributed by atoms with Crippen molar-refractivity contribution in [3.05, 3.63) is 58.4 Å². The maximum atomic E-state index is 12.5. The number of nitrogens with one attached hydrogen (secondary N) is 2. The molecule has 1 aromatic heterocycles. The first-order chi connectivity index (χ1) is 14.5. The van der Waals surface area contributed by atoms with Crippen LogP contribution in [-0.2, 0) is 22.5 Å². The Morgan fingerprint density at radius 3 is 2.53 bits per heavy atom. The van der Waals surface area contributed by atoms with Crippen molar-refractivity contribution in [3.63, 3.8) is 0 Å². The Morgan fingerprint density at radius 2 is 1.87 bits per heavy atom. The summed E-state index contributed by atoms with van der Waals surface area (Å²) in [6, 6.07) is 10.8. The van der Waals surface area contributed by atoms with E-state index < -0.39 is 0 Å². The van der Waals surface area contributed by atoms with E-state index in [0.29, 0.717) is 25.1 Å². The highest BCUT2D eigenvalue weighted by Gasteiger charge is 2.22. The van der Waals surface area contributed by atoms with Crippen LogP contribution in [0.3, 0.4) is 0 Å². The first-order valence-corrected chi connectivity index (χ1v) is 10.9. The van der Waals surface area contributed by atoms with Gasteiger partial charge in [-0.05, 0) is 56.7 Å². The van der Waals surface area contributed by atoms with Crippen LogP contribution in [0.25, 0.3) is 0 Å². The molecule has 1 aliphatic rings. The lowest BCUT2D eigenvalue weighted by Crippen LogP contribution is -2.44. The van der Waals surface area contributed by atoms with Crippen LogP contribution in [0.4, 0.5) is 0 Å². The van der Waals surface area contributed by atoms with Gasteiger partial charge in [-0.2, -0.15) is 0 Å². The van der Waals surface area contributed by atoms with Gasteiger partial charge in [-0.15, -0.1) is 0 Å². The van der Waals surface area contributed by atoms with Crippen LogP contribution in [0.15, 0.2) is 30.3 Å². The molecule has 1 aromatic carbocycles. The standard InChI is InChI=1S/C24H33N3O3/c1-4-30-24(29)23-17(2)21(18(3)25-23)10-11-22(28)26-20-12-14-27(15-13-20)16-19-8-6-5-7-9-19/h5-9,20,25H,4,10-16H2,1-3H3,(H,26,28). The zero-order valence-electron chi connectivity index (χ0n) is 18.3. The van der Waals surface area contributed by atoms with E-state index in [1.165, 1.54) is 5.56 Å². The number of carbonyl (C=O) groups is 2. The number of benzene rings is 1. The highest BCUT2D eigenvalue weighted by atomic mass is 16.5. The van der Waals surface area contributed by atoms with Crippen molar-refractivity contribution in [3.8, 4) is 0 Å². The number of nitrogens with zero attached hydrogens (tertiary/aromatic N) is 1. The van der Waals surface area contributed by atoms with Crippen molar-refractivity contribution in [1.29, 1.82) is 0 Å². The molecule has 1 amide bonds. The molecule has 0 saturated carbocycles. The fourth-order valence-corrected chi connectivity index (χ4v) is 4.19. The van der Waals surface area contributed by atoms with Crippen LogP contribution in [-0.4, -0.2) is 47.5 Å². The first-order valence-electron chi connectivity index (χ1n) is 10.9. The number of rotatable bonds is 8. The van der Waals surface area contributed by atoms with E-state index >= 15 is 0 Å². The zero-order chi connectivity index (χ0) is 21.5. The van der Waals surface area contributed by atoms with Gasteiger partial charge < -0.3 is 15.0 Å². The molecule has 6 heteroatoms. The van der Waals surface area contributed by atoms with E-state index in [9.17, 15) is 9.59 Å². The number of aryl methyl sites for hydroxylation is 1. The summed E-state index contributed by atoms with van der Waals surface area (Å²) in [4.78, 5) is 30.1. The summed E-state index contributed by atoms with van der Waals surface area (Å²) in [6.45, 7) is 8.95. The van der Waals surface area contributed by atoms with Gasteiger partial charge in [0.1, 0.15) is 5.69 Å². The number of aromatic nitrogens is 1. The number of H-pyrrole nitrogens is 1. The third-order valence-electron chi connectivity index (χ3n) is 5.88. The SMILES string of the molecule is CCOC(=O)c1[nH]c(C)c(CCC(=O)NC2CCN(Cc3ccccc3)CC2)c1C. The minimum Gasteiger partial charge on any atom is -0.461 e. The third kappa shape index (κ3) is 5.72. The maximum absolute atomic E-state index is 12.5. The molecule has 3 rings (SSSR count). The molecule has 2 heterocycles. The molecule has 1 fully saturated rings. The average Bonchev–Trinajstić information content (AvgIpc) is 3.02. The molecule has 0 bridgehead atoms. The van der Waals surface area contributed by atoms with E-state index in [2.05, 4.69) is 39.5 Å². The molecule has 0 unspecified atom stereocenters. The number of ether oxygens (including phenoxy) is 1. The number of aromatic amines is 1. The number of piperidine rings is 1. The van der Waals surface area contributed by atoms with Crippen molar-refractivity contribution in [2.24, 2.45) is 0 Å². The summed E-state index contributed by atoms with van der Waals surface area (Å²) in [7, 11) is 0. The maximum Gasteiger partial charge on any atom is 0.355 e. The Hall–Kier alpha value is -2.60. The van der Waals surface area contributed by atoms with Crippen molar-refractivity contribution in [2.75, 3.05) is 19.7 Å². The first kappa shape index (κ1) is 22.1. The topological polar surface area (TPSA) is 74.4 Å². The van der Waals surface area contributed by atoms with Gasteiger partial charge in [0.05, 0.1) is 6.61 Å². The second-order valence-electron chi connectivity index (χ2n) is 8.05. The van der Waals surface area contributed by atoms with Crippen molar-refractivity contribution < 1.29 is 14.3 Å². The molecule has 162 valence electrons. The van der Waals surface area contributed by atoms with Gasteiger partial charge in [-0.25, -0.2) is 4.79 Å². The van der Waals surface area contributed by atoms with Crippen molar-refractivity contribution in [1.82, 2.24) is 15.2 Å². The zero-order valence-corrected chi connectivity index (χ0v) is 18.3. The lowest BCUT2D eigenvalue weighted by Gasteiger charge is -2.32.